The number of halogens is 2. The fourth-order valence-corrected chi connectivity index (χ4v) is 4.46. The molecule has 128 valence electrons. The zero-order valence-electron chi connectivity index (χ0n) is 14.2. The first-order valence-electron chi connectivity index (χ1n) is 7.96. The van der Waals surface area contributed by atoms with Crippen molar-refractivity contribution in [3.05, 3.63) is 29.8 Å². The maximum absolute atomic E-state index is 13.2. The van der Waals surface area contributed by atoms with Crippen LogP contribution in [0, 0.1) is 0 Å². The Bertz CT molecular complexity index is 664. The topological polar surface area (TPSA) is 48.0 Å². The highest BCUT2D eigenvalue weighted by Crippen LogP contribution is 2.21. The zero-order valence-corrected chi connectivity index (χ0v) is 15.2. The average Bonchev–Trinajstić information content (AvgIpc) is 2.84. The van der Waals surface area contributed by atoms with Gasteiger partial charge in [-0.25, -0.2) is 8.78 Å². The lowest BCUT2D eigenvalue weighted by molar-refractivity contribution is -0.0489. The summed E-state index contributed by atoms with van der Waals surface area (Å²) in [6.07, 6.45) is 0.686. The van der Waals surface area contributed by atoms with Crippen LogP contribution in [0.5, 0.6) is 0 Å². The molecular weight excluding hydrogens is 314 g/mol. The quantitative estimate of drug-likeness (QED) is 0.679. The summed E-state index contributed by atoms with van der Waals surface area (Å²) in [6.45, 7) is 7.11. The van der Waals surface area contributed by atoms with E-state index in [0.29, 0.717) is 6.42 Å². The molecule has 1 heterocycles. The minimum atomic E-state index is -3.07. The largest absolute Gasteiger partial charge is 0.390 e. The molecule has 0 amide bonds. The maximum atomic E-state index is 13.2. The lowest BCUT2D eigenvalue weighted by Gasteiger charge is -2.22. The highest BCUT2D eigenvalue weighted by molar-refractivity contribution is 6.88. The summed E-state index contributed by atoms with van der Waals surface area (Å²) in [6, 6.07) is 8.05. The third-order valence-corrected chi connectivity index (χ3v) is 5.94. The third kappa shape index (κ3) is 4.40. The van der Waals surface area contributed by atoms with E-state index in [-0.39, 0.29) is 6.04 Å². The van der Waals surface area contributed by atoms with Crippen LogP contribution in [0.4, 0.5) is 8.78 Å². The molecule has 6 heteroatoms. The van der Waals surface area contributed by atoms with Crippen molar-refractivity contribution in [2.75, 3.05) is 13.2 Å². The van der Waals surface area contributed by atoms with Gasteiger partial charge in [0.2, 0.25) is 0 Å². The van der Waals surface area contributed by atoms with Gasteiger partial charge in [0.1, 0.15) is 6.61 Å². The van der Waals surface area contributed by atoms with Crippen molar-refractivity contribution in [3.63, 3.8) is 0 Å². The molecule has 0 saturated carbocycles. The predicted molar refractivity (Wildman–Crippen MR) is 94.5 cm³/mol. The first-order valence-corrected chi connectivity index (χ1v) is 11.5. The molecule has 23 heavy (non-hydrogen) atoms. The maximum Gasteiger partial charge on any atom is 0.282 e. The Balaban J connectivity index is 2.24. The van der Waals surface area contributed by atoms with Gasteiger partial charge >= 0.3 is 0 Å². The highest BCUT2D eigenvalue weighted by atomic mass is 28.3. The second kappa shape index (κ2) is 6.71. The molecule has 1 aromatic heterocycles. The zero-order chi connectivity index (χ0) is 17.3. The molecule has 0 spiro atoms. The smallest absolute Gasteiger partial charge is 0.282 e. The fourth-order valence-electron chi connectivity index (χ4n) is 2.81. The van der Waals surface area contributed by atoms with Crippen molar-refractivity contribution >= 4 is 24.3 Å². The number of hydrogen-bond acceptors (Lipinski definition) is 2. The minimum absolute atomic E-state index is 0.0956. The lowest BCUT2D eigenvalue weighted by Crippen LogP contribution is -2.44. The van der Waals surface area contributed by atoms with Crippen molar-refractivity contribution in [1.29, 1.82) is 0 Å². The Hall–Kier alpha value is -1.24. The summed E-state index contributed by atoms with van der Waals surface area (Å²) in [7, 11) is -1.57. The van der Waals surface area contributed by atoms with E-state index in [1.54, 1.807) is 0 Å². The lowest BCUT2D eigenvalue weighted by atomic mass is 10.1. The molecule has 2 aromatic rings. The number of aliphatic hydroxyl groups is 1. The average molecular weight is 340 g/mol. The molecule has 0 aliphatic heterocycles. The minimum Gasteiger partial charge on any atom is -0.390 e. The molecule has 0 unspecified atom stereocenters. The van der Waals surface area contributed by atoms with E-state index in [1.807, 2.05) is 19.1 Å². The molecule has 0 fully saturated rings. The van der Waals surface area contributed by atoms with Crippen molar-refractivity contribution in [3.8, 4) is 0 Å². The summed E-state index contributed by atoms with van der Waals surface area (Å²) in [4.78, 5) is 3.54. The monoisotopic (exact) mass is 340 g/mol. The van der Waals surface area contributed by atoms with Crippen LogP contribution in [0.1, 0.15) is 12.5 Å². The number of H-pyrrole nitrogens is 1. The molecular formula is C17H26F2N2OSi. The second-order valence-corrected chi connectivity index (χ2v) is 12.3. The van der Waals surface area contributed by atoms with E-state index in [2.05, 4.69) is 42.1 Å². The number of hydrogen-bond donors (Lipinski definition) is 3. The number of aliphatic hydroxyl groups excluding tert-OH is 1. The van der Waals surface area contributed by atoms with Crippen LogP contribution in [0.15, 0.2) is 24.3 Å². The van der Waals surface area contributed by atoms with Gasteiger partial charge in [-0.1, -0.05) is 37.8 Å². The Morgan fingerprint density at radius 3 is 2.52 bits per heavy atom. The molecule has 3 N–H and O–H groups in total. The SMILES string of the molecule is C[C@H](Cc1c([Si](C)(C)C)[nH]c2ccccc12)NCC(F)(F)CO. The van der Waals surface area contributed by atoms with Gasteiger partial charge in [-0.2, -0.15) is 0 Å². The number of aromatic nitrogens is 1. The predicted octanol–water partition coefficient (Wildman–Crippen LogP) is 2.86. The summed E-state index contributed by atoms with van der Waals surface area (Å²) in [5, 5.41) is 14.0. The summed E-state index contributed by atoms with van der Waals surface area (Å²) in [5.74, 6) is -3.07. The summed E-state index contributed by atoms with van der Waals surface area (Å²) >= 11 is 0. The number of aromatic amines is 1. The molecule has 0 bridgehead atoms. The summed E-state index contributed by atoms with van der Waals surface area (Å²) in [5.41, 5.74) is 2.33. The van der Waals surface area contributed by atoms with E-state index in [4.69, 9.17) is 5.11 Å². The number of rotatable bonds is 7. The van der Waals surface area contributed by atoms with Gasteiger partial charge in [0.05, 0.1) is 14.6 Å². The molecule has 0 aliphatic carbocycles. The number of benzene rings is 1. The third-order valence-electron chi connectivity index (χ3n) is 4.01. The van der Waals surface area contributed by atoms with Crippen molar-refractivity contribution in [1.82, 2.24) is 10.3 Å². The normalized spacial score (nSPS) is 14.4. The molecule has 1 atom stereocenters. The van der Waals surface area contributed by atoms with Gasteiger partial charge in [0.25, 0.3) is 5.92 Å². The number of para-hydroxylation sites is 1. The van der Waals surface area contributed by atoms with Crippen LogP contribution >= 0.6 is 0 Å². The van der Waals surface area contributed by atoms with Crippen LogP contribution in [0.3, 0.4) is 0 Å². The molecule has 0 aliphatic rings. The Morgan fingerprint density at radius 2 is 1.91 bits per heavy atom. The van der Waals surface area contributed by atoms with Crippen LogP contribution in [0.2, 0.25) is 19.6 Å². The van der Waals surface area contributed by atoms with Crippen LogP contribution < -0.4 is 10.6 Å². The van der Waals surface area contributed by atoms with Gasteiger partial charge < -0.3 is 15.4 Å². The molecule has 0 saturated heterocycles. The fraction of sp³-hybridized carbons (Fsp3) is 0.529. The first kappa shape index (κ1) is 18.1. The standard InChI is InChI=1S/C17H26F2N2OSi/c1-12(20-10-17(18,19)11-22)9-14-13-7-5-6-8-15(13)21-16(14)23(2,3)4/h5-8,12,20-22H,9-11H2,1-4H3/t12-/m1/s1. The van der Waals surface area contributed by atoms with Gasteiger partial charge in [0.15, 0.2) is 0 Å². The van der Waals surface area contributed by atoms with Crippen LogP contribution in [-0.4, -0.2) is 43.3 Å². The van der Waals surface area contributed by atoms with E-state index in [9.17, 15) is 8.78 Å². The van der Waals surface area contributed by atoms with Crippen molar-refractivity contribution in [2.45, 2.75) is 44.9 Å². The Labute approximate surface area is 137 Å². The number of nitrogens with one attached hydrogen (secondary N) is 2. The summed E-state index contributed by atoms with van der Waals surface area (Å²) < 4.78 is 26.4. The molecule has 2 rings (SSSR count). The van der Waals surface area contributed by atoms with E-state index in [0.717, 1.165) is 5.52 Å². The number of alkyl halides is 2. The van der Waals surface area contributed by atoms with E-state index in [1.165, 1.54) is 16.3 Å². The van der Waals surface area contributed by atoms with Crippen LogP contribution in [0.25, 0.3) is 10.9 Å². The van der Waals surface area contributed by atoms with E-state index < -0.39 is 27.1 Å². The van der Waals surface area contributed by atoms with Gasteiger partial charge in [-0.3, -0.25) is 0 Å². The Morgan fingerprint density at radius 1 is 1.26 bits per heavy atom. The van der Waals surface area contributed by atoms with Crippen LogP contribution in [-0.2, 0) is 6.42 Å². The van der Waals surface area contributed by atoms with E-state index >= 15 is 0 Å². The number of fused-ring (bicyclic) bond motifs is 1. The highest BCUT2D eigenvalue weighted by Gasteiger charge is 2.29. The van der Waals surface area contributed by atoms with Crippen molar-refractivity contribution in [2.24, 2.45) is 0 Å². The van der Waals surface area contributed by atoms with Crippen molar-refractivity contribution < 1.29 is 13.9 Å². The van der Waals surface area contributed by atoms with Gasteiger partial charge in [-0.15, -0.1) is 0 Å². The molecule has 0 radical (unpaired) electrons. The molecule has 3 nitrogen and oxygen atoms in total. The Kier molecular flexibility index (Phi) is 5.28. The van der Waals surface area contributed by atoms with Gasteiger partial charge in [0, 0.05) is 22.3 Å². The second-order valence-electron chi connectivity index (χ2n) is 7.27. The van der Waals surface area contributed by atoms with Gasteiger partial charge in [-0.05, 0) is 25.0 Å². The first-order chi connectivity index (χ1) is 10.6. The molecule has 1 aromatic carbocycles.